The summed E-state index contributed by atoms with van der Waals surface area (Å²) in [4.78, 5) is 12.6. The highest BCUT2D eigenvalue weighted by molar-refractivity contribution is 5.94. The molecule has 0 radical (unpaired) electrons. The fraction of sp³-hybridized carbons (Fsp3) is 0.412. The van der Waals surface area contributed by atoms with Gasteiger partial charge in [0.1, 0.15) is 5.75 Å². The number of nitrogens with one attached hydrogen (secondary N) is 3. The van der Waals surface area contributed by atoms with Crippen molar-refractivity contribution in [3.05, 3.63) is 46.8 Å². The van der Waals surface area contributed by atoms with E-state index in [4.69, 9.17) is 0 Å². The molecule has 0 spiro atoms. The third kappa shape index (κ3) is 3.79. The molecule has 25 heavy (non-hydrogen) atoms. The largest absolute Gasteiger partial charge is 0.434 e. The van der Waals surface area contributed by atoms with E-state index < -0.39 is 12.7 Å². The average Bonchev–Trinajstić information content (AvgIpc) is 3.04. The lowest BCUT2D eigenvalue weighted by Gasteiger charge is -2.20. The van der Waals surface area contributed by atoms with Gasteiger partial charge in [0.2, 0.25) is 0 Å². The normalized spacial score (nSPS) is 14.9. The van der Waals surface area contributed by atoms with Crippen molar-refractivity contribution in [3.8, 4) is 5.75 Å². The number of aromatic amines is 1. The second kappa shape index (κ2) is 7.60. The minimum absolute atomic E-state index is 0.0652. The molecule has 1 amide bonds. The number of rotatable bonds is 6. The molecule has 3 N–H and O–H groups in total. The maximum atomic E-state index is 12.6. The van der Waals surface area contributed by atoms with Gasteiger partial charge in [-0.3, -0.25) is 9.89 Å². The number of H-pyrrole nitrogens is 1. The summed E-state index contributed by atoms with van der Waals surface area (Å²) in [6, 6.07) is 6.03. The maximum absolute atomic E-state index is 12.6. The number of amides is 1. The van der Waals surface area contributed by atoms with Crippen LogP contribution >= 0.6 is 0 Å². The summed E-state index contributed by atoms with van der Waals surface area (Å²) in [6.07, 6.45) is 1.32. The van der Waals surface area contributed by atoms with E-state index in [1.165, 1.54) is 6.07 Å². The predicted octanol–water partition coefficient (Wildman–Crippen LogP) is 2.54. The van der Waals surface area contributed by atoms with Crippen LogP contribution < -0.4 is 15.4 Å². The van der Waals surface area contributed by atoms with E-state index >= 15 is 0 Å². The van der Waals surface area contributed by atoms with Crippen LogP contribution in [0.4, 0.5) is 8.78 Å². The molecule has 0 saturated carbocycles. The molecule has 0 aliphatic carbocycles. The fourth-order valence-electron chi connectivity index (χ4n) is 3.01. The van der Waals surface area contributed by atoms with Crippen LogP contribution in [0.25, 0.3) is 0 Å². The Morgan fingerprint density at radius 3 is 2.96 bits per heavy atom. The number of carbonyl (C=O) groups excluding carboxylic acids is 1. The molecule has 0 saturated heterocycles. The van der Waals surface area contributed by atoms with Crippen LogP contribution in [0.3, 0.4) is 0 Å². The fourth-order valence-corrected chi connectivity index (χ4v) is 3.01. The van der Waals surface area contributed by atoms with E-state index in [2.05, 4.69) is 25.6 Å². The van der Waals surface area contributed by atoms with Crippen LogP contribution in [0.15, 0.2) is 24.3 Å². The molecule has 6 nitrogen and oxygen atoms in total. The molecule has 0 bridgehead atoms. The number of fused-ring (bicyclic) bond motifs is 1. The molecule has 0 fully saturated rings. The van der Waals surface area contributed by atoms with Gasteiger partial charge in [-0.15, -0.1) is 0 Å². The molecule has 1 atom stereocenters. The maximum Gasteiger partial charge on any atom is 0.387 e. The Balaban J connectivity index is 1.81. The van der Waals surface area contributed by atoms with Crippen LogP contribution in [0, 0.1) is 0 Å². The van der Waals surface area contributed by atoms with Gasteiger partial charge in [-0.25, -0.2) is 0 Å². The summed E-state index contributed by atoms with van der Waals surface area (Å²) >= 11 is 0. The number of para-hydroxylation sites is 1. The first-order valence-electron chi connectivity index (χ1n) is 8.21. The zero-order valence-corrected chi connectivity index (χ0v) is 13.8. The van der Waals surface area contributed by atoms with Crippen molar-refractivity contribution in [1.82, 2.24) is 20.8 Å². The Bertz CT molecular complexity index is 748. The lowest BCUT2D eigenvalue weighted by Crippen LogP contribution is -2.31. The molecule has 1 aromatic carbocycles. The Labute approximate surface area is 144 Å². The molecule has 3 rings (SSSR count). The van der Waals surface area contributed by atoms with E-state index in [-0.39, 0.29) is 11.7 Å². The van der Waals surface area contributed by atoms with Crippen LogP contribution in [0.5, 0.6) is 5.75 Å². The summed E-state index contributed by atoms with van der Waals surface area (Å²) in [7, 11) is 0. The number of benzene rings is 1. The van der Waals surface area contributed by atoms with E-state index in [0.717, 1.165) is 24.2 Å². The Morgan fingerprint density at radius 1 is 1.40 bits per heavy atom. The number of nitrogens with zero attached hydrogens (tertiary/aromatic N) is 1. The number of halogens is 2. The van der Waals surface area contributed by atoms with Crippen LogP contribution in [-0.2, 0) is 13.0 Å². The molecule has 1 aromatic heterocycles. The highest BCUT2D eigenvalue weighted by atomic mass is 19.3. The summed E-state index contributed by atoms with van der Waals surface area (Å²) in [6.45, 7) is 0.368. The van der Waals surface area contributed by atoms with Crippen molar-refractivity contribution < 1.29 is 18.3 Å². The van der Waals surface area contributed by atoms with Gasteiger partial charge in [0.15, 0.2) is 5.69 Å². The number of carbonyl (C=O) groups is 1. The molecule has 1 unspecified atom stereocenters. The second-order valence-corrected chi connectivity index (χ2v) is 5.81. The minimum atomic E-state index is -2.92. The second-order valence-electron chi connectivity index (χ2n) is 5.81. The van der Waals surface area contributed by atoms with Gasteiger partial charge in [-0.05, 0) is 12.5 Å². The monoisotopic (exact) mass is 350 g/mol. The Kier molecular flexibility index (Phi) is 5.28. The first kappa shape index (κ1) is 17.3. The van der Waals surface area contributed by atoms with Gasteiger partial charge in [-0.1, -0.05) is 25.1 Å². The molecule has 1 aliphatic rings. The lowest BCUT2D eigenvalue weighted by molar-refractivity contribution is -0.0506. The van der Waals surface area contributed by atoms with Crippen molar-refractivity contribution in [3.63, 3.8) is 0 Å². The zero-order chi connectivity index (χ0) is 17.8. The van der Waals surface area contributed by atoms with Crippen molar-refractivity contribution in [2.75, 3.05) is 6.54 Å². The van der Waals surface area contributed by atoms with Gasteiger partial charge < -0.3 is 15.4 Å². The predicted molar refractivity (Wildman–Crippen MR) is 87.6 cm³/mol. The molecule has 2 heterocycles. The number of aromatic nitrogens is 2. The van der Waals surface area contributed by atoms with Gasteiger partial charge in [-0.2, -0.15) is 13.9 Å². The van der Waals surface area contributed by atoms with Gasteiger partial charge in [0.05, 0.1) is 6.04 Å². The molecule has 8 heteroatoms. The first-order valence-corrected chi connectivity index (χ1v) is 8.21. The number of hydrogen-bond acceptors (Lipinski definition) is 4. The summed E-state index contributed by atoms with van der Waals surface area (Å²) < 4.78 is 29.8. The zero-order valence-electron chi connectivity index (χ0n) is 13.8. The first-order chi connectivity index (χ1) is 12.1. The molecule has 2 aromatic rings. The Morgan fingerprint density at radius 2 is 2.20 bits per heavy atom. The van der Waals surface area contributed by atoms with Crippen LogP contribution in [0.2, 0.25) is 0 Å². The average molecular weight is 350 g/mol. The molecule has 134 valence electrons. The van der Waals surface area contributed by atoms with Crippen LogP contribution in [0.1, 0.15) is 46.7 Å². The number of alkyl halides is 2. The lowest BCUT2D eigenvalue weighted by atomic mass is 10.0. The molecular weight excluding hydrogens is 330 g/mol. The smallest absolute Gasteiger partial charge is 0.387 e. The molecular formula is C17H20F2N4O2. The third-order valence-electron chi connectivity index (χ3n) is 4.25. The molecule has 1 aliphatic heterocycles. The standard InChI is InChI=1S/C17H20F2N4O2/c1-2-12(10-5-3-4-6-14(10)25-17(18)19)21-16(24)15-11-9-20-8-7-13(11)22-23-15/h3-6,12,17,20H,2,7-9H2,1H3,(H,21,24)(H,22,23). The van der Waals surface area contributed by atoms with E-state index in [0.29, 0.717) is 24.2 Å². The van der Waals surface area contributed by atoms with Crippen molar-refractivity contribution in [2.24, 2.45) is 0 Å². The van der Waals surface area contributed by atoms with E-state index in [1.54, 1.807) is 18.2 Å². The van der Waals surface area contributed by atoms with Gasteiger partial charge in [0, 0.05) is 36.3 Å². The summed E-state index contributed by atoms with van der Waals surface area (Å²) in [5.41, 5.74) is 2.67. The number of hydrogen-bond donors (Lipinski definition) is 3. The topological polar surface area (TPSA) is 79.0 Å². The quantitative estimate of drug-likeness (QED) is 0.748. The third-order valence-corrected chi connectivity index (χ3v) is 4.25. The van der Waals surface area contributed by atoms with Crippen molar-refractivity contribution in [1.29, 1.82) is 0 Å². The number of ether oxygens (including phenoxy) is 1. The van der Waals surface area contributed by atoms with Crippen molar-refractivity contribution in [2.45, 2.75) is 39.0 Å². The van der Waals surface area contributed by atoms with E-state index in [1.807, 2.05) is 6.92 Å². The Hall–Kier alpha value is -2.48. The van der Waals surface area contributed by atoms with Gasteiger partial charge >= 0.3 is 6.61 Å². The highest BCUT2D eigenvalue weighted by Gasteiger charge is 2.25. The SMILES string of the molecule is CCC(NC(=O)c1n[nH]c2c1CNCC2)c1ccccc1OC(F)F. The summed E-state index contributed by atoms with van der Waals surface area (Å²) in [5, 5.41) is 13.1. The van der Waals surface area contributed by atoms with Crippen molar-refractivity contribution >= 4 is 5.91 Å². The minimum Gasteiger partial charge on any atom is -0.434 e. The highest BCUT2D eigenvalue weighted by Crippen LogP contribution is 2.29. The van der Waals surface area contributed by atoms with Gasteiger partial charge in [0.25, 0.3) is 5.91 Å². The van der Waals surface area contributed by atoms with Crippen LogP contribution in [-0.4, -0.2) is 29.3 Å². The summed E-state index contributed by atoms with van der Waals surface area (Å²) in [5.74, 6) is -0.268. The van der Waals surface area contributed by atoms with E-state index in [9.17, 15) is 13.6 Å².